The van der Waals surface area contributed by atoms with E-state index in [9.17, 15) is 0 Å². The number of hydrogen-bond donors (Lipinski definition) is 0. The van der Waals surface area contributed by atoms with Crippen LogP contribution in [0.3, 0.4) is 0 Å². The maximum atomic E-state index is 6.77. The monoisotopic (exact) mass is 378 g/mol. The largest absolute Gasteiger partial charge is 0.543 e. The molecule has 1 aliphatic carbocycles. The van der Waals surface area contributed by atoms with E-state index in [0.717, 1.165) is 5.75 Å². The Labute approximate surface area is 166 Å². The Morgan fingerprint density at radius 2 is 1.37 bits per heavy atom. The normalized spacial score (nSPS) is 18.6. The van der Waals surface area contributed by atoms with Crippen molar-refractivity contribution in [2.24, 2.45) is 0 Å². The molecule has 1 saturated carbocycles. The zero-order valence-electron chi connectivity index (χ0n) is 17.7. The van der Waals surface area contributed by atoms with Crippen molar-refractivity contribution in [3.63, 3.8) is 0 Å². The van der Waals surface area contributed by atoms with Gasteiger partial charge in [-0.2, -0.15) is 0 Å². The summed E-state index contributed by atoms with van der Waals surface area (Å²) >= 11 is 0. The van der Waals surface area contributed by atoms with E-state index in [0.29, 0.717) is 22.5 Å². The van der Waals surface area contributed by atoms with Crippen LogP contribution < -0.4 is 4.43 Å². The van der Waals surface area contributed by atoms with Gasteiger partial charge in [-0.25, -0.2) is 0 Å². The Morgan fingerprint density at radius 1 is 0.815 bits per heavy atom. The zero-order chi connectivity index (χ0) is 19.6. The van der Waals surface area contributed by atoms with Gasteiger partial charge in [0.1, 0.15) is 5.75 Å². The Bertz CT molecular complexity index is 750. The van der Waals surface area contributed by atoms with Gasteiger partial charge < -0.3 is 4.43 Å². The summed E-state index contributed by atoms with van der Waals surface area (Å²) in [5.74, 6) is 1.65. The van der Waals surface area contributed by atoms with E-state index >= 15 is 0 Å². The highest BCUT2D eigenvalue weighted by atomic mass is 28.4. The quantitative estimate of drug-likeness (QED) is 0.446. The van der Waals surface area contributed by atoms with E-state index in [4.69, 9.17) is 4.43 Å². The summed E-state index contributed by atoms with van der Waals surface area (Å²) in [5.41, 5.74) is 6.03. The molecule has 0 aromatic heterocycles. The second-order valence-corrected chi connectivity index (χ2v) is 14.3. The molecule has 2 aromatic rings. The minimum absolute atomic E-state index is 0.595. The smallest absolute Gasteiger partial charge is 0.258 e. The van der Waals surface area contributed by atoms with Gasteiger partial charge in [0, 0.05) is 5.92 Å². The zero-order valence-corrected chi connectivity index (χ0v) is 18.7. The van der Waals surface area contributed by atoms with Crippen LogP contribution in [0.2, 0.25) is 16.6 Å². The van der Waals surface area contributed by atoms with E-state index < -0.39 is 8.32 Å². The highest BCUT2D eigenvalue weighted by Gasteiger charge is 2.46. The average Bonchev–Trinajstić information content (AvgIpc) is 3.40. The molecule has 0 amide bonds. The van der Waals surface area contributed by atoms with E-state index in [1.807, 2.05) is 0 Å². The lowest BCUT2D eigenvalue weighted by molar-refractivity contribution is 0.480. The number of benzene rings is 2. The van der Waals surface area contributed by atoms with Crippen molar-refractivity contribution in [2.45, 2.75) is 70.5 Å². The van der Waals surface area contributed by atoms with Gasteiger partial charge in [0.25, 0.3) is 8.32 Å². The van der Waals surface area contributed by atoms with Gasteiger partial charge in [0.15, 0.2) is 0 Å². The molecule has 2 heteroatoms. The molecule has 0 spiro atoms. The molecule has 0 N–H and O–H groups in total. The molecular formula is C25H34OSi. The molecule has 1 fully saturated rings. The van der Waals surface area contributed by atoms with Crippen molar-refractivity contribution in [1.29, 1.82) is 0 Å². The third-order valence-electron chi connectivity index (χ3n) is 6.16. The minimum Gasteiger partial charge on any atom is -0.543 e. The first kappa shape index (κ1) is 19.9. The Kier molecular flexibility index (Phi) is 5.95. The van der Waals surface area contributed by atoms with Crippen molar-refractivity contribution in [3.05, 3.63) is 71.3 Å². The molecular weight excluding hydrogens is 344 g/mol. The fraction of sp³-hybridized carbons (Fsp3) is 0.440. The van der Waals surface area contributed by atoms with Crippen LogP contribution in [0.15, 0.2) is 60.2 Å². The Balaban J connectivity index is 1.73. The van der Waals surface area contributed by atoms with Gasteiger partial charge in [-0.3, -0.25) is 0 Å². The summed E-state index contributed by atoms with van der Waals surface area (Å²) < 4.78 is 6.77. The molecule has 0 heterocycles. The lowest BCUT2D eigenvalue weighted by Gasteiger charge is -2.42. The molecule has 144 valence electrons. The summed E-state index contributed by atoms with van der Waals surface area (Å²) in [6.07, 6.45) is 3.53. The number of hydrogen-bond acceptors (Lipinski definition) is 1. The fourth-order valence-corrected chi connectivity index (χ4v) is 10.0. The van der Waals surface area contributed by atoms with Crippen molar-refractivity contribution in [2.75, 3.05) is 0 Å². The average molecular weight is 379 g/mol. The predicted octanol–water partition coefficient (Wildman–Crippen LogP) is 7.81. The third-order valence-corrected chi connectivity index (χ3v) is 12.2. The Hall–Kier alpha value is -1.80. The summed E-state index contributed by atoms with van der Waals surface area (Å²) in [6, 6.07) is 19.6. The van der Waals surface area contributed by atoms with Crippen molar-refractivity contribution >= 4 is 14.4 Å². The fourth-order valence-electron chi connectivity index (χ4n) is 4.76. The molecule has 0 bridgehead atoms. The van der Waals surface area contributed by atoms with Gasteiger partial charge in [-0.1, -0.05) is 95.7 Å². The molecule has 27 heavy (non-hydrogen) atoms. The molecule has 2 aromatic carbocycles. The van der Waals surface area contributed by atoms with Gasteiger partial charge in [-0.05, 0) is 46.3 Å². The molecule has 0 saturated heterocycles. The molecule has 1 nitrogen and oxygen atoms in total. The molecule has 1 aliphatic rings. The van der Waals surface area contributed by atoms with Crippen molar-refractivity contribution < 1.29 is 4.43 Å². The molecule has 1 atom stereocenters. The summed E-state index contributed by atoms with van der Waals surface area (Å²) in [4.78, 5) is 0. The highest BCUT2D eigenvalue weighted by molar-refractivity contribution is 6.78. The van der Waals surface area contributed by atoms with Gasteiger partial charge in [-0.15, -0.1) is 0 Å². The summed E-state index contributed by atoms with van der Waals surface area (Å²) in [7, 11) is -1.88. The van der Waals surface area contributed by atoms with Crippen molar-refractivity contribution in [3.8, 4) is 5.75 Å². The van der Waals surface area contributed by atoms with Crippen LogP contribution in [0.25, 0.3) is 6.08 Å². The van der Waals surface area contributed by atoms with Crippen LogP contribution in [0.1, 0.15) is 65.0 Å². The minimum atomic E-state index is -1.88. The maximum Gasteiger partial charge on any atom is 0.258 e. The van der Waals surface area contributed by atoms with Gasteiger partial charge in [0.2, 0.25) is 0 Å². The van der Waals surface area contributed by atoms with Gasteiger partial charge in [0.05, 0.1) is 0 Å². The van der Waals surface area contributed by atoms with Crippen molar-refractivity contribution in [1.82, 2.24) is 0 Å². The summed E-state index contributed by atoms with van der Waals surface area (Å²) in [5, 5.41) is 0. The highest BCUT2D eigenvalue weighted by Crippen LogP contribution is 2.48. The SMILES string of the molecule is CC(C)[Si](Oc1ccc(/C=C2/C[C@H]2c2ccccc2)cc1)(C(C)C)C(C)C. The van der Waals surface area contributed by atoms with Crippen LogP contribution in [0.5, 0.6) is 5.75 Å². The Morgan fingerprint density at radius 3 is 1.89 bits per heavy atom. The van der Waals surface area contributed by atoms with Crippen LogP contribution in [0.4, 0.5) is 0 Å². The van der Waals surface area contributed by atoms with Gasteiger partial charge >= 0.3 is 0 Å². The first-order chi connectivity index (χ1) is 12.8. The topological polar surface area (TPSA) is 9.23 Å². The van der Waals surface area contributed by atoms with Crippen LogP contribution in [-0.4, -0.2) is 8.32 Å². The van der Waals surface area contributed by atoms with E-state index in [2.05, 4.69) is 102 Å². The second-order valence-electron chi connectivity index (χ2n) is 8.88. The van der Waals surface area contributed by atoms with E-state index in [-0.39, 0.29) is 0 Å². The van der Waals surface area contributed by atoms with Crippen LogP contribution in [-0.2, 0) is 0 Å². The first-order valence-electron chi connectivity index (χ1n) is 10.4. The number of allylic oxidation sites excluding steroid dienone is 1. The third kappa shape index (κ3) is 4.21. The maximum absolute atomic E-state index is 6.77. The lowest BCUT2D eigenvalue weighted by atomic mass is 10.1. The predicted molar refractivity (Wildman–Crippen MR) is 120 cm³/mol. The molecule has 3 rings (SSSR count). The van der Waals surface area contributed by atoms with E-state index in [1.165, 1.54) is 23.1 Å². The van der Waals surface area contributed by atoms with E-state index in [1.54, 1.807) is 0 Å². The lowest BCUT2D eigenvalue weighted by Crippen LogP contribution is -2.50. The second kappa shape index (κ2) is 8.06. The summed E-state index contributed by atoms with van der Waals surface area (Å²) in [6.45, 7) is 14.0. The first-order valence-corrected chi connectivity index (χ1v) is 12.5. The molecule has 0 unspecified atom stereocenters. The molecule has 0 radical (unpaired) electrons. The number of rotatable bonds is 7. The van der Waals surface area contributed by atoms with Crippen LogP contribution >= 0.6 is 0 Å². The molecule has 0 aliphatic heterocycles. The standard InChI is InChI=1S/C25H34OSi/c1-18(2)27(19(3)4,20(5)6)26-24-14-12-21(13-15-24)16-23-17-25(23)22-10-8-7-9-11-22/h7-16,18-20,25H,17H2,1-6H3/b23-16-/t25-/m0/s1. The van der Waals surface area contributed by atoms with Crippen LogP contribution in [0, 0.1) is 0 Å².